The predicted molar refractivity (Wildman–Crippen MR) is 75.8 cm³/mol. The highest BCUT2D eigenvalue weighted by molar-refractivity contribution is 7.89. The van der Waals surface area contributed by atoms with Crippen LogP contribution in [0.15, 0.2) is 46.1 Å². The lowest BCUT2D eigenvalue weighted by Crippen LogP contribution is -2.26. The van der Waals surface area contributed by atoms with E-state index in [9.17, 15) is 13.2 Å². The lowest BCUT2D eigenvalue weighted by atomic mass is 10.2. The number of rotatable bonds is 5. The van der Waals surface area contributed by atoms with Gasteiger partial charge in [-0.1, -0.05) is 11.6 Å². The monoisotopic (exact) mass is 329 g/mol. The number of halogens is 1. The van der Waals surface area contributed by atoms with Gasteiger partial charge in [0.1, 0.15) is 4.90 Å². The van der Waals surface area contributed by atoms with Crippen molar-refractivity contribution in [2.45, 2.75) is 11.4 Å². The van der Waals surface area contributed by atoms with E-state index < -0.39 is 16.0 Å². The summed E-state index contributed by atoms with van der Waals surface area (Å²) >= 11 is 5.89. The van der Waals surface area contributed by atoms with Gasteiger partial charge in [0.25, 0.3) is 0 Å². The molecule has 0 aliphatic rings. The van der Waals surface area contributed by atoms with Crippen molar-refractivity contribution in [1.29, 1.82) is 0 Å². The second-order valence-electron chi connectivity index (χ2n) is 4.34. The Bertz CT molecular complexity index is 755. The number of hydrogen-bond acceptors (Lipinski definition) is 4. The molecular weight excluding hydrogens is 318 g/mol. The van der Waals surface area contributed by atoms with Crippen LogP contribution in [0.4, 0.5) is 0 Å². The molecule has 0 aliphatic carbocycles. The molecule has 2 aromatic rings. The molecule has 1 aromatic carbocycles. The molecule has 21 heavy (non-hydrogen) atoms. The van der Waals surface area contributed by atoms with E-state index in [0.717, 1.165) is 10.4 Å². The summed E-state index contributed by atoms with van der Waals surface area (Å²) in [6.45, 7) is 0.0897. The van der Waals surface area contributed by atoms with Gasteiger partial charge in [0.15, 0.2) is 0 Å². The highest BCUT2D eigenvalue weighted by Gasteiger charge is 2.25. The molecule has 0 amide bonds. The normalized spacial score (nSPS) is 11.8. The van der Waals surface area contributed by atoms with Gasteiger partial charge in [-0.05, 0) is 24.3 Å². The minimum atomic E-state index is -3.91. The van der Waals surface area contributed by atoms with Crippen LogP contribution >= 0.6 is 11.6 Å². The van der Waals surface area contributed by atoms with Crippen molar-refractivity contribution in [3.05, 3.63) is 52.9 Å². The van der Waals surface area contributed by atoms with Gasteiger partial charge in [0.2, 0.25) is 10.0 Å². The van der Waals surface area contributed by atoms with Crippen LogP contribution in [0.2, 0.25) is 5.02 Å². The van der Waals surface area contributed by atoms with Crippen molar-refractivity contribution in [3.63, 3.8) is 0 Å². The number of benzene rings is 1. The van der Waals surface area contributed by atoms with Crippen molar-refractivity contribution >= 4 is 27.6 Å². The van der Waals surface area contributed by atoms with E-state index in [1.54, 1.807) is 6.07 Å². The molecule has 0 fully saturated rings. The van der Waals surface area contributed by atoms with E-state index >= 15 is 0 Å². The minimum Gasteiger partial charge on any atom is -0.478 e. The minimum absolute atomic E-state index is 0.0287. The molecule has 8 heteroatoms. The smallest absolute Gasteiger partial charge is 0.335 e. The second-order valence-corrected chi connectivity index (χ2v) is 6.76. The third-order valence-corrected chi connectivity index (χ3v) is 5.14. The first-order chi connectivity index (χ1) is 9.82. The van der Waals surface area contributed by atoms with Gasteiger partial charge < -0.3 is 9.52 Å². The van der Waals surface area contributed by atoms with Crippen molar-refractivity contribution in [3.8, 4) is 0 Å². The second kappa shape index (κ2) is 5.88. The molecule has 0 bridgehead atoms. The molecule has 0 atom stereocenters. The molecule has 1 aromatic heterocycles. The van der Waals surface area contributed by atoms with Crippen molar-refractivity contribution in [2.24, 2.45) is 0 Å². The highest BCUT2D eigenvalue weighted by Crippen LogP contribution is 2.26. The van der Waals surface area contributed by atoms with Gasteiger partial charge >= 0.3 is 5.97 Å². The fourth-order valence-electron chi connectivity index (χ4n) is 1.73. The van der Waals surface area contributed by atoms with Crippen LogP contribution in [0.1, 0.15) is 15.9 Å². The molecule has 1 N–H and O–H groups in total. The standard InChI is InChI=1S/C13H12ClNO5S/c1-15(7-9-4-5-20-8-9)21(18,19)12-6-10(13(16)17)2-3-11(12)14/h2-6,8H,7H2,1H3,(H,16,17). The van der Waals surface area contributed by atoms with E-state index in [0.29, 0.717) is 5.56 Å². The number of hydrogen-bond donors (Lipinski definition) is 1. The molecule has 6 nitrogen and oxygen atoms in total. The van der Waals surface area contributed by atoms with Crippen LogP contribution in [-0.2, 0) is 16.6 Å². The van der Waals surface area contributed by atoms with Crippen LogP contribution in [0.5, 0.6) is 0 Å². The molecule has 2 rings (SSSR count). The maximum atomic E-state index is 12.5. The van der Waals surface area contributed by atoms with Gasteiger partial charge in [0.05, 0.1) is 23.1 Å². The van der Waals surface area contributed by atoms with Crippen molar-refractivity contribution in [1.82, 2.24) is 4.31 Å². The number of aromatic carboxylic acids is 1. The summed E-state index contributed by atoms with van der Waals surface area (Å²) in [5, 5.41) is 8.92. The Morgan fingerprint density at radius 1 is 1.38 bits per heavy atom. The van der Waals surface area contributed by atoms with E-state index in [2.05, 4.69) is 0 Å². The summed E-state index contributed by atoms with van der Waals surface area (Å²) in [5.74, 6) is -1.22. The van der Waals surface area contributed by atoms with E-state index in [1.807, 2.05) is 0 Å². The molecule has 112 valence electrons. The Morgan fingerprint density at radius 2 is 2.10 bits per heavy atom. The molecule has 1 heterocycles. The first-order valence-corrected chi connectivity index (χ1v) is 7.64. The summed E-state index contributed by atoms with van der Waals surface area (Å²) in [5.41, 5.74) is 0.529. The molecule has 0 radical (unpaired) electrons. The zero-order chi connectivity index (χ0) is 15.6. The lowest BCUT2D eigenvalue weighted by Gasteiger charge is -2.17. The predicted octanol–water partition coefficient (Wildman–Crippen LogP) is 2.45. The summed E-state index contributed by atoms with van der Waals surface area (Å²) in [4.78, 5) is 10.7. The third-order valence-electron chi connectivity index (χ3n) is 2.85. The average Bonchev–Trinajstić information content (AvgIpc) is 2.91. The van der Waals surface area contributed by atoms with Crippen molar-refractivity contribution < 1.29 is 22.7 Å². The fraction of sp³-hybridized carbons (Fsp3) is 0.154. The van der Waals surface area contributed by atoms with Crippen LogP contribution in [-0.4, -0.2) is 30.8 Å². The summed E-state index contributed by atoms with van der Waals surface area (Å²) in [7, 11) is -2.52. The van der Waals surface area contributed by atoms with Crippen LogP contribution in [0.25, 0.3) is 0 Å². The largest absolute Gasteiger partial charge is 0.478 e. The lowest BCUT2D eigenvalue weighted by molar-refractivity contribution is 0.0696. The van der Waals surface area contributed by atoms with Crippen LogP contribution < -0.4 is 0 Å². The quantitative estimate of drug-likeness (QED) is 0.910. The fourth-order valence-corrected chi connectivity index (χ4v) is 3.38. The van der Waals surface area contributed by atoms with Gasteiger partial charge in [-0.3, -0.25) is 0 Å². The molecule has 0 unspecified atom stereocenters. The summed E-state index contributed by atoms with van der Waals surface area (Å²) < 4.78 is 30.9. The number of sulfonamides is 1. The van der Waals surface area contributed by atoms with Gasteiger partial charge in [-0.15, -0.1) is 0 Å². The molecular formula is C13H12ClNO5S. The molecule has 0 saturated heterocycles. The van der Waals surface area contributed by atoms with E-state index in [4.69, 9.17) is 21.1 Å². The molecule has 0 spiro atoms. The topological polar surface area (TPSA) is 87.8 Å². The maximum absolute atomic E-state index is 12.5. The number of carboxylic acid groups (broad SMARTS) is 1. The van der Waals surface area contributed by atoms with E-state index in [-0.39, 0.29) is 22.0 Å². The Morgan fingerprint density at radius 3 is 2.67 bits per heavy atom. The van der Waals surface area contributed by atoms with Crippen LogP contribution in [0.3, 0.4) is 0 Å². The third kappa shape index (κ3) is 3.26. The Balaban J connectivity index is 2.38. The molecule has 0 saturated carbocycles. The SMILES string of the molecule is CN(Cc1ccoc1)S(=O)(=O)c1cc(C(=O)O)ccc1Cl. The van der Waals surface area contributed by atoms with Crippen molar-refractivity contribution in [2.75, 3.05) is 7.05 Å². The Labute approximate surface area is 126 Å². The maximum Gasteiger partial charge on any atom is 0.335 e. The van der Waals surface area contributed by atoms with Crippen LogP contribution in [0, 0.1) is 0 Å². The first-order valence-electron chi connectivity index (χ1n) is 5.82. The zero-order valence-corrected chi connectivity index (χ0v) is 12.6. The number of nitrogens with zero attached hydrogens (tertiary/aromatic N) is 1. The Hall–Kier alpha value is -1.83. The first kappa shape index (κ1) is 15.6. The number of carbonyl (C=O) groups is 1. The summed E-state index contributed by atoms with van der Waals surface area (Å²) in [6.07, 6.45) is 2.87. The highest BCUT2D eigenvalue weighted by atomic mass is 35.5. The number of carboxylic acids is 1. The zero-order valence-electron chi connectivity index (χ0n) is 11.0. The van der Waals surface area contributed by atoms with Gasteiger partial charge in [0, 0.05) is 19.2 Å². The van der Waals surface area contributed by atoms with Gasteiger partial charge in [-0.2, -0.15) is 4.31 Å². The van der Waals surface area contributed by atoms with Gasteiger partial charge in [-0.25, -0.2) is 13.2 Å². The number of furan rings is 1. The summed E-state index contributed by atoms with van der Waals surface area (Å²) in [6, 6.07) is 5.19. The molecule has 0 aliphatic heterocycles. The Kier molecular flexibility index (Phi) is 4.36. The average molecular weight is 330 g/mol. The van der Waals surface area contributed by atoms with E-state index in [1.165, 1.54) is 31.7 Å².